The number of benzene rings is 1. The summed E-state index contributed by atoms with van der Waals surface area (Å²) >= 11 is 0.934. The maximum atomic E-state index is 10.7. The lowest BCUT2D eigenvalue weighted by molar-refractivity contribution is -0.716. The second-order valence-corrected chi connectivity index (χ2v) is 4.02. The van der Waals surface area contributed by atoms with Crippen LogP contribution in [0.15, 0.2) is 40.3 Å². The van der Waals surface area contributed by atoms with Gasteiger partial charge in [-0.25, -0.2) is 10.1 Å². The molecule has 0 saturated heterocycles. The van der Waals surface area contributed by atoms with Crippen LogP contribution in [0.1, 0.15) is 0 Å². The second-order valence-electron chi connectivity index (χ2n) is 2.97. The molecule has 0 spiro atoms. The molecule has 1 aromatic carbocycles. The maximum absolute atomic E-state index is 10.7. The lowest BCUT2D eigenvalue weighted by Gasteiger charge is -2.05. The summed E-state index contributed by atoms with van der Waals surface area (Å²) in [5.74, 6) is 0. The molecular weight excluding hydrogens is 264 g/mol. The van der Waals surface area contributed by atoms with Crippen molar-refractivity contribution in [3.8, 4) is 0 Å². The van der Waals surface area contributed by atoms with Crippen LogP contribution >= 0.6 is 11.8 Å². The fourth-order valence-corrected chi connectivity index (χ4v) is 1.93. The summed E-state index contributed by atoms with van der Waals surface area (Å²) in [6, 6.07) is 8.69. The van der Waals surface area contributed by atoms with E-state index in [1.54, 1.807) is 30.3 Å². The predicted molar refractivity (Wildman–Crippen MR) is 60.5 cm³/mol. The van der Waals surface area contributed by atoms with Crippen molar-refractivity contribution in [1.82, 2.24) is 15.9 Å². The zero-order valence-corrected chi connectivity index (χ0v) is 9.48. The molecule has 0 bridgehead atoms. The lowest BCUT2D eigenvalue weighted by Crippen LogP contribution is -2.47. The Kier molecular flexibility index (Phi) is 3.25. The summed E-state index contributed by atoms with van der Waals surface area (Å²) < 4.78 is 0. The van der Waals surface area contributed by atoms with Crippen LogP contribution in [0.3, 0.4) is 0 Å². The number of nitro groups is 2. The first kappa shape index (κ1) is 12.1. The molecule has 0 saturated carbocycles. The average molecular weight is 270 g/mol. The van der Waals surface area contributed by atoms with E-state index in [-0.39, 0.29) is 10.4 Å². The first-order valence-electron chi connectivity index (χ1n) is 4.54. The molecule has 10 nitrogen and oxygen atoms in total. The monoisotopic (exact) mass is 270 g/mol. The highest BCUT2D eigenvalue weighted by molar-refractivity contribution is 8.13. The Labute approximate surface area is 104 Å². The highest BCUT2D eigenvalue weighted by atomic mass is 32.2. The molecule has 0 aromatic heterocycles. The summed E-state index contributed by atoms with van der Waals surface area (Å²) in [5, 5.41) is 23.3. The van der Waals surface area contributed by atoms with E-state index < -0.39 is 10.1 Å². The SMILES string of the molecule is O=[N+]([O-])N1N=C(Sc2ccccc2)N([N+](=O)[O-])N1. The summed E-state index contributed by atoms with van der Waals surface area (Å²) in [4.78, 5) is 21.8. The van der Waals surface area contributed by atoms with Gasteiger partial charge in [-0.3, -0.25) is 0 Å². The zero-order valence-electron chi connectivity index (χ0n) is 8.66. The fourth-order valence-electron chi connectivity index (χ4n) is 1.11. The van der Waals surface area contributed by atoms with Gasteiger partial charge in [-0.2, -0.15) is 0 Å². The largest absolute Gasteiger partial charge is 0.390 e. The number of hydrazine groups is 4. The first-order valence-corrected chi connectivity index (χ1v) is 5.36. The van der Waals surface area contributed by atoms with Gasteiger partial charge in [0.2, 0.25) is 0 Å². The summed E-state index contributed by atoms with van der Waals surface area (Å²) in [6.45, 7) is 0. The first-order chi connectivity index (χ1) is 8.58. The van der Waals surface area contributed by atoms with Crippen LogP contribution in [0, 0.1) is 20.2 Å². The fraction of sp³-hybridized carbons (Fsp3) is 0. The van der Waals surface area contributed by atoms with Crippen LogP contribution in [0.2, 0.25) is 0 Å². The molecule has 0 fully saturated rings. The summed E-state index contributed by atoms with van der Waals surface area (Å²) in [7, 11) is 0. The Morgan fingerprint density at radius 2 is 1.83 bits per heavy atom. The molecule has 0 amide bonds. The zero-order chi connectivity index (χ0) is 13.1. The standard InChI is InChI=1S/C7H6N6O4S/c14-12(15)10-7(8-11(9-10)13(16)17)18-6-4-2-1-3-5-6/h1-5,9H. The molecule has 2 rings (SSSR count). The van der Waals surface area contributed by atoms with E-state index in [0.717, 1.165) is 11.8 Å². The Bertz CT molecular complexity index is 508. The number of hydrogen-bond donors (Lipinski definition) is 1. The van der Waals surface area contributed by atoms with Crippen molar-refractivity contribution in [3.63, 3.8) is 0 Å². The minimum atomic E-state index is -0.908. The van der Waals surface area contributed by atoms with Crippen molar-refractivity contribution in [1.29, 1.82) is 0 Å². The summed E-state index contributed by atoms with van der Waals surface area (Å²) in [6.07, 6.45) is 0. The Balaban J connectivity index is 2.20. The number of nitrogens with zero attached hydrogens (tertiary/aromatic N) is 5. The Morgan fingerprint density at radius 1 is 1.17 bits per heavy atom. The van der Waals surface area contributed by atoms with Crippen molar-refractivity contribution in [2.75, 3.05) is 0 Å². The number of nitrogens with one attached hydrogen (secondary N) is 1. The van der Waals surface area contributed by atoms with Crippen LogP contribution in [0.25, 0.3) is 0 Å². The smallest absolute Gasteiger partial charge is 0.338 e. The van der Waals surface area contributed by atoms with Crippen molar-refractivity contribution >= 4 is 16.9 Å². The third kappa shape index (κ3) is 2.46. The van der Waals surface area contributed by atoms with Crippen molar-refractivity contribution < 1.29 is 10.1 Å². The number of hydrogen-bond acceptors (Lipinski definition) is 7. The van der Waals surface area contributed by atoms with Gasteiger partial charge in [0.25, 0.3) is 0 Å². The number of rotatable bonds is 3. The molecule has 1 N–H and O–H groups in total. The lowest BCUT2D eigenvalue weighted by atomic mass is 10.4. The second kappa shape index (κ2) is 4.85. The van der Waals surface area contributed by atoms with Crippen LogP contribution in [-0.4, -0.2) is 25.6 Å². The van der Waals surface area contributed by atoms with Gasteiger partial charge < -0.3 is 10.1 Å². The van der Waals surface area contributed by atoms with Gasteiger partial charge in [0.1, 0.15) is 10.3 Å². The number of amidine groups is 1. The number of hydrazone groups is 1. The Hall–Kier alpha value is -2.40. The van der Waals surface area contributed by atoms with E-state index in [0.29, 0.717) is 10.0 Å². The highest BCUT2D eigenvalue weighted by Crippen LogP contribution is 2.23. The molecule has 94 valence electrons. The van der Waals surface area contributed by atoms with Crippen molar-refractivity contribution in [2.24, 2.45) is 5.10 Å². The van der Waals surface area contributed by atoms with Crippen LogP contribution in [0.5, 0.6) is 0 Å². The molecule has 1 heterocycles. The van der Waals surface area contributed by atoms with E-state index >= 15 is 0 Å². The third-order valence-electron chi connectivity index (χ3n) is 1.82. The van der Waals surface area contributed by atoms with Gasteiger partial charge in [0.15, 0.2) is 5.03 Å². The molecule has 0 radical (unpaired) electrons. The van der Waals surface area contributed by atoms with Gasteiger partial charge >= 0.3 is 5.17 Å². The topological polar surface area (TPSA) is 117 Å². The molecule has 1 aliphatic rings. The summed E-state index contributed by atoms with van der Waals surface area (Å²) in [5.41, 5.74) is 1.90. The van der Waals surface area contributed by atoms with E-state index in [1.165, 1.54) is 0 Å². The maximum Gasteiger partial charge on any atom is 0.390 e. The quantitative estimate of drug-likeness (QED) is 0.622. The van der Waals surface area contributed by atoms with Gasteiger partial charge in [-0.1, -0.05) is 18.2 Å². The normalized spacial score (nSPS) is 14.6. The van der Waals surface area contributed by atoms with E-state index in [1.807, 2.05) is 5.53 Å². The predicted octanol–water partition coefficient (Wildman–Crippen LogP) is 0.470. The molecule has 0 atom stereocenters. The van der Waals surface area contributed by atoms with Crippen LogP contribution in [-0.2, 0) is 0 Å². The molecule has 1 aromatic rings. The molecule has 0 aliphatic carbocycles. The van der Waals surface area contributed by atoms with Crippen LogP contribution in [0.4, 0.5) is 0 Å². The van der Waals surface area contributed by atoms with E-state index in [4.69, 9.17) is 0 Å². The van der Waals surface area contributed by atoms with Gasteiger partial charge in [0, 0.05) is 4.90 Å². The average Bonchev–Trinajstić information content (AvgIpc) is 2.74. The molecular formula is C7H6N6O4S. The van der Waals surface area contributed by atoms with Gasteiger partial charge in [0.05, 0.1) is 10.2 Å². The molecule has 0 unspecified atom stereocenters. The van der Waals surface area contributed by atoms with Crippen LogP contribution < -0.4 is 5.53 Å². The van der Waals surface area contributed by atoms with E-state index in [9.17, 15) is 20.2 Å². The van der Waals surface area contributed by atoms with Gasteiger partial charge in [-0.05, 0) is 29.4 Å². The minimum absolute atomic E-state index is 0.150. The Morgan fingerprint density at radius 3 is 2.39 bits per heavy atom. The molecule has 11 heteroatoms. The van der Waals surface area contributed by atoms with E-state index in [2.05, 4.69) is 5.10 Å². The molecule has 1 aliphatic heterocycles. The van der Waals surface area contributed by atoms with Gasteiger partial charge in [-0.15, -0.1) is 0 Å². The number of thioether (sulfide) groups is 1. The van der Waals surface area contributed by atoms with Crippen molar-refractivity contribution in [2.45, 2.75) is 4.90 Å². The van der Waals surface area contributed by atoms with Crippen molar-refractivity contribution in [3.05, 3.63) is 50.6 Å². The molecule has 18 heavy (non-hydrogen) atoms. The highest BCUT2D eigenvalue weighted by Gasteiger charge is 2.41. The third-order valence-corrected chi connectivity index (χ3v) is 2.76. The minimum Gasteiger partial charge on any atom is -0.338 e.